The third-order valence-electron chi connectivity index (χ3n) is 4.39. The lowest BCUT2D eigenvalue weighted by Gasteiger charge is -2.27. The van der Waals surface area contributed by atoms with E-state index in [1.807, 2.05) is 6.92 Å². The molecule has 1 heterocycles. The second kappa shape index (κ2) is 7.59. The minimum absolute atomic E-state index is 0.102. The summed E-state index contributed by atoms with van der Waals surface area (Å²) in [7, 11) is 0. The van der Waals surface area contributed by atoms with E-state index in [0.29, 0.717) is 35.9 Å². The Bertz CT molecular complexity index is 470. The molecule has 1 saturated carbocycles. The second-order valence-electron chi connectivity index (χ2n) is 5.93. The Morgan fingerprint density at radius 2 is 2.19 bits per heavy atom. The minimum Gasteiger partial charge on any atom is -0.393 e. The monoisotopic (exact) mass is 294 g/mol. The summed E-state index contributed by atoms with van der Waals surface area (Å²) in [4.78, 5) is 12.2. The summed E-state index contributed by atoms with van der Waals surface area (Å²) < 4.78 is 5.14. The molecular formula is C16H26N2O3. The zero-order valence-corrected chi connectivity index (χ0v) is 13.0. The Morgan fingerprint density at radius 1 is 1.43 bits per heavy atom. The lowest BCUT2D eigenvalue weighted by molar-refractivity contribution is 0.0641. The van der Waals surface area contributed by atoms with Crippen LogP contribution in [0, 0.1) is 12.8 Å². The Labute approximate surface area is 126 Å². The smallest absolute Gasteiger partial charge is 0.256 e. The van der Waals surface area contributed by atoms with Crippen molar-refractivity contribution in [3.05, 3.63) is 17.0 Å². The molecule has 1 aromatic rings. The Balaban J connectivity index is 1.75. The molecule has 2 rings (SSSR count). The molecule has 2 atom stereocenters. The zero-order chi connectivity index (χ0) is 15.2. The molecule has 1 aliphatic rings. The highest BCUT2D eigenvalue weighted by Crippen LogP contribution is 2.27. The molecule has 0 aliphatic heterocycles. The van der Waals surface area contributed by atoms with Gasteiger partial charge in [-0.25, -0.2) is 0 Å². The largest absolute Gasteiger partial charge is 0.393 e. The van der Waals surface area contributed by atoms with Crippen LogP contribution < -0.4 is 5.32 Å². The molecule has 0 aromatic carbocycles. The minimum atomic E-state index is -0.151. The highest BCUT2D eigenvalue weighted by molar-refractivity contribution is 5.96. The predicted molar refractivity (Wildman–Crippen MR) is 80.2 cm³/mol. The number of hydrogen-bond donors (Lipinski definition) is 2. The van der Waals surface area contributed by atoms with Gasteiger partial charge in [-0.05, 0) is 38.5 Å². The van der Waals surface area contributed by atoms with Crippen molar-refractivity contribution in [1.29, 1.82) is 0 Å². The second-order valence-corrected chi connectivity index (χ2v) is 5.93. The van der Waals surface area contributed by atoms with Gasteiger partial charge in [-0.2, -0.15) is 0 Å². The van der Waals surface area contributed by atoms with E-state index in [2.05, 4.69) is 10.5 Å². The number of rotatable bonds is 6. The van der Waals surface area contributed by atoms with Crippen molar-refractivity contribution >= 4 is 5.91 Å². The van der Waals surface area contributed by atoms with Crippen LogP contribution in [0.1, 0.15) is 67.3 Å². The average Bonchev–Trinajstić information content (AvgIpc) is 2.86. The quantitative estimate of drug-likeness (QED) is 0.791. The standard InChI is InChI=1S/C16H26N2O3/c1-3-14-15(11(2)18-21-14)16(20)17-10-6-8-12-7-4-5-9-13(12)19/h12-13,19H,3-10H2,1-2H3,(H,17,20). The number of carbonyl (C=O) groups is 1. The van der Waals surface area contributed by atoms with Crippen molar-refractivity contribution in [2.45, 2.75) is 64.9 Å². The van der Waals surface area contributed by atoms with E-state index in [0.717, 1.165) is 32.1 Å². The summed E-state index contributed by atoms with van der Waals surface area (Å²) >= 11 is 0. The third kappa shape index (κ3) is 4.06. The van der Waals surface area contributed by atoms with Gasteiger partial charge in [0, 0.05) is 13.0 Å². The van der Waals surface area contributed by atoms with Gasteiger partial charge < -0.3 is 14.9 Å². The number of nitrogens with zero attached hydrogens (tertiary/aromatic N) is 1. The van der Waals surface area contributed by atoms with E-state index < -0.39 is 0 Å². The van der Waals surface area contributed by atoms with Gasteiger partial charge in [0.05, 0.1) is 11.8 Å². The van der Waals surface area contributed by atoms with Crippen molar-refractivity contribution < 1.29 is 14.4 Å². The molecule has 1 amide bonds. The van der Waals surface area contributed by atoms with Gasteiger partial charge in [0.25, 0.3) is 5.91 Å². The first-order chi connectivity index (χ1) is 10.1. The number of amides is 1. The van der Waals surface area contributed by atoms with Crippen molar-refractivity contribution in [3.63, 3.8) is 0 Å². The zero-order valence-electron chi connectivity index (χ0n) is 13.0. The number of hydrogen-bond acceptors (Lipinski definition) is 4. The first-order valence-electron chi connectivity index (χ1n) is 8.04. The lowest BCUT2D eigenvalue weighted by atomic mass is 9.83. The van der Waals surface area contributed by atoms with E-state index in [1.165, 1.54) is 6.42 Å². The highest BCUT2D eigenvalue weighted by atomic mass is 16.5. The fourth-order valence-electron chi connectivity index (χ4n) is 3.13. The van der Waals surface area contributed by atoms with Crippen LogP contribution in [0.25, 0.3) is 0 Å². The fourth-order valence-corrected chi connectivity index (χ4v) is 3.13. The number of carbonyl (C=O) groups excluding carboxylic acids is 1. The van der Waals surface area contributed by atoms with E-state index in [4.69, 9.17) is 4.52 Å². The van der Waals surface area contributed by atoms with Crippen molar-refractivity contribution in [2.75, 3.05) is 6.54 Å². The van der Waals surface area contributed by atoms with E-state index in [9.17, 15) is 9.90 Å². The molecule has 5 nitrogen and oxygen atoms in total. The van der Waals surface area contributed by atoms with Gasteiger partial charge in [0.2, 0.25) is 0 Å². The first-order valence-corrected chi connectivity index (χ1v) is 8.04. The van der Waals surface area contributed by atoms with Crippen LogP contribution in [-0.2, 0) is 6.42 Å². The van der Waals surface area contributed by atoms with Crippen LogP contribution in [0.2, 0.25) is 0 Å². The average molecular weight is 294 g/mol. The molecule has 1 fully saturated rings. The van der Waals surface area contributed by atoms with Gasteiger partial charge in [-0.15, -0.1) is 0 Å². The summed E-state index contributed by atoms with van der Waals surface area (Å²) in [6, 6.07) is 0. The summed E-state index contributed by atoms with van der Waals surface area (Å²) in [5, 5.41) is 16.7. The van der Waals surface area contributed by atoms with Gasteiger partial charge >= 0.3 is 0 Å². The molecule has 0 saturated heterocycles. The van der Waals surface area contributed by atoms with Gasteiger partial charge in [0.1, 0.15) is 11.3 Å². The highest BCUT2D eigenvalue weighted by Gasteiger charge is 2.23. The van der Waals surface area contributed by atoms with Crippen molar-refractivity contribution in [3.8, 4) is 0 Å². The predicted octanol–water partition coefficient (Wildman–Crippen LogP) is 2.61. The molecule has 21 heavy (non-hydrogen) atoms. The fraction of sp³-hybridized carbons (Fsp3) is 0.750. The maximum atomic E-state index is 12.2. The normalized spacial score (nSPS) is 22.2. The SMILES string of the molecule is CCc1onc(C)c1C(=O)NCCCC1CCCCC1O. The summed E-state index contributed by atoms with van der Waals surface area (Å²) in [5.41, 5.74) is 1.22. The number of aliphatic hydroxyl groups excluding tert-OH is 1. The topological polar surface area (TPSA) is 75.4 Å². The van der Waals surface area contributed by atoms with Crippen LogP contribution in [0.3, 0.4) is 0 Å². The van der Waals surface area contributed by atoms with Gasteiger partial charge in [-0.1, -0.05) is 24.9 Å². The van der Waals surface area contributed by atoms with Crippen LogP contribution in [0.5, 0.6) is 0 Å². The van der Waals surface area contributed by atoms with Crippen LogP contribution >= 0.6 is 0 Å². The third-order valence-corrected chi connectivity index (χ3v) is 4.39. The molecule has 2 N–H and O–H groups in total. The first kappa shape index (κ1) is 16.0. The molecule has 0 spiro atoms. The van der Waals surface area contributed by atoms with E-state index in [-0.39, 0.29) is 12.0 Å². The molecule has 118 valence electrons. The molecule has 1 aromatic heterocycles. The number of nitrogens with one attached hydrogen (secondary N) is 1. The number of aromatic nitrogens is 1. The molecule has 1 aliphatic carbocycles. The van der Waals surface area contributed by atoms with Gasteiger partial charge in [-0.3, -0.25) is 4.79 Å². The van der Waals surface area contributed by atoms with Crippen molar-refractivity contribution in [1.82, 2.24) is 10.5 Å². The summed E-state index contributed by atoms with van der Waals surface area (Å²) in [6.45, 7) is 4.37. The lowest BCUT2D eigenvalue weighted by Crippen LogP contribution is -2.28. The molecule has 0 bridgehead atoms. The van der Waals surface area contributed by atoms with E-state index in [1.54, 1.807) is 6.92 Å². The Hall–Kier alpha value is -1.36. The summed E-state index contributed by atoms with van der Waals surface area (Å²) in [5.74, 6) is 0.946. The Morgan fingerprint density at radius 3 is 2.90 bits per heavy atom. The van der Waals surface area contributed by atoms with E-state index >= 15 is 0 Å². The maximum absolute atomic E-state index is 12.2. The molecule has 2 unspecified atom stereocenters. The Kier molecular flexibility index (Phi) is 5.79. The molecular weight excluding hydrogens is 268 g/mol. The number of aryl methyl sites for hydroxylation is 2. The number of aliphatic hydroxyl groups is 1. The van der Waals surface area contributed by atoms with Gasteiger partial charge in [0.15, 0.2) is 0 Å². The molecule has 5 heteroatoms. The van der Waals surface area contributed by atoms with Crippen LogP contribution in [-0.4, -0.2) is 28.8 Å². The van der Waals surface area contributed by atoms with Crippen LogP contribution in [0.15, 0.2) is 4.52 Å². The van der Waals surface area contributed by atoms with Crippen molar-refractivity contribution in [2.24, 2.45) is 5.92 Å². The maximum Gasteiger partial charge on any atom is 0.256 e. The summed E-state index contributed by atoms with van der Waals surface area (Å²) in [6.07, 6.45) is 6.79. The van der Waals surface area contributed by atoms with Crippen LogP contribution in [0.4, 0.5) is 0 Å². The molecule has 0 radical (unpaired) electrons.